The number of nitrogen functional groups attached to an aromatic ring is 1. The quantitative estimate of drug-likeness (QED) is 0.249. The fourth-order valence-electron chi connectivity index (χ4n) is 2.06. The first-order valence-corrected chi connectivity index (χ1v) is 11.3. The molecule has 31 heavy (non-hydrogen) atoms. The van der Waals surface area contributed by atoms with Crippen LogP contribution >= 0.6 is 23.5 Å². The molecule has 0 saturated carbocycles. The lowest BCUT2D eigenvalue weighted by atomic mass is 10.3. The van der Waals surface area contributed by atoms with Gasteiger partial charge in [-0.15, -0.1) is 0 Å². The number of ether oxygens (including phenoxy) is 1. The minimum atomic E-state index is -4.37. The van der Waals surface area contributed by atoms with Crippen LogP contribution in [-0.4, -0.2) is 52.4 Å². The van der Waals surface area contributed by atoms with E-state index in [2.05, 4.69) is 8.47 Å². The number of aromatic hydroxyl groups is 1. The number of nitro benzene ring substituents is 1. The molecule has 0 aliphatic rings. The second-order valence-electron chi connectivity index (χ2n) is 5.71. The summed E-state index contributed by atoms with van der Waals surface area (Å²) in [5.74, 6) is -0.902. The third-order valence-electron chi connectivity index (χ3n) is 3.54. The number of rotatable bonds is 6. The first-order valence-electron chi connectivity index (χ1n) is 7.77. The summed E-state index contributed by atoms with van der Waals surface area (Å²) in [4.78, 5) is 9.07. The molecule has 0 spiro atoms. The SMILES string of the molecule is CN(C)S(=O)(=O)c1cccc(N)c1O.COc1c([N+](=O)[O-])cc(Cl)cc1S(=O)(=O)OCl. The van der Waals surface area contributed by atoms with E-state index >= 15 is 0 Å². The van der Waals surface area contributed by atoms with Crippen LogP contribution in [0.15, 0.2) is 40.1 Å². The van der Waals surface area contributed by atoms with E-state index in [9.17, 15) is 32.1 Å². The van der Waals surface area contributed by atoms with Crippen LogP contribution < -0.4 is 10.5 Å². The highest BCUT2D eigenvalue weighted by molar-refractivity contribution is 7.89. The maximum Gasteiger partial charge on any atom is 0.316 e. The van der Waals surface area contributed by atoms with Gasteiger partial charge in [0, 0.05) is 25.2 Å². The Morgan fingerprint density at radius 2 is 1.74 bits per heavy atom. The number of methoxy groups -OCH3 is 1. The maximum absolute atomic E-state index is 11.6. The molecule has 0 atom stereocenters. The van der Waals surface area contributed by atoms with Gasteiger partial charge in [0.2, 0.25) is 15.8 Å². The second-order valence-corrected chi connectivity index (χ2v) is 10.1. The van der Waals surface area contributed by atoms with Gasteiger partial charge in [-0.05, 0) is 18.2 Å². The number of hydrogen-bond donors (Lipinski definition) is 2. The number of anilines is 1. The average molecular weight is 518 g/mol. The lowest BCUT2D eigenvalue weighted by Gasteiger charge is -2.13. The Hall–Kier alpha value is -2.36. The Morgan fingerprint density at radius 3 is 2.19 bits per heavy atom. The van der Waals surface area contributed by atoms with Crippen LogP contribution in [0.3, 0.4) is 0 Å². The molecule has 0 heterocycles. The lowest BCUT2D eigenvalue weighted by Crippen LogP contribution is -2.22. The summed E-state index contributed by atoms with van der Waals surface area (Å²) in [5.41, 5.74) is 4.83. The smallest absolute Gasteiger partial charge is 0.316 e. The van der Waals surface area contributed by atoms with Crippen LogP contribution in [0.25, 0.3) is 0 Å². The van der Waals surface area contributed by atoms with Crippen molar-refractivity contribution < 1.29 is 35.3 Å². The Balaban J connectivity index is 0.000000316. The minimum absolute atomic E-state index is 0.0490. The third kappa shape index (κ3) is 6.09. The molecular weight excluding hydrogens is 501 g/mol. The maximum atomic E-state index is 11.6. The highest BCUT2D eigenvalue weighted by atomic mass is 35.5. The fraction of sp³-hybridized carbons (Fsp3) is 0.200. The summed E-state index contributed by atoms with van der Waals surface area (Å²) in [6.45, 7) is 0. The number of nitro groups is 1. The molecule has 172 valence electrons. The molecule has 0 saturated heterocycles. The van der Waals surface area contributed by atoms with E-state index in [0.717, 1.165) is 23.5 Å². The van der Waals surface area contributed by atoms with Crippen molar-refractivity contribution in [1.82, 2.24) is 4.31 Å². The summed E-state index contributed by atoms with van der Waals surface area (Å²) < 4.78 is 55.4. The summed E-state index contributed by atoms with van der Waals surface area (Å²) in [6, 6.07) is 6.11. The molecule has 0 amide bonds. The van der Waals surface area contributed by atoms with Gasteiger partial charge in [-0.25, -0.2) is 12.7 Å². The minimum Gasteiger partial charge on any atom is -0.504 e. The molecule has 0 radical (unpaired) electrons. The fourth-order valence-corrected chi connectivity index (χ4v) is 4.30. The molecule has 16 heteroatoms. The van der Waals surface area contributed by atoms with Gasteiger partial charge in [0.05, 0.1) is 29.6 Å². The van der Waals surface area contributed by atoms with Crippen molar-refractivity contribution >= 4 is 55.0 Å². The van der Waals surface area contributed by atoms with Gasteiger partial charge >= 0.3 is 15.8 Å². The second kappa shape index (κ2) is 10.3. The summed E-state index contributed by atoms with van der Waals surface area (Å²) in [5, 5.41) is 20.0. The largest absolute Gasteiger partial charge is 0.504 e. The molecule has 2 rings (SSSR count). The van der Waals surface area contributed by atoms with Gasteiger partial charge < -0.3 is 15.6 Å². The third-order valence-corrected chi connectivity index (χ3v) is 7.11. The summed E-state index contributed by atoms with van der Waals surface area (Å²) >= 11 is 10.3. The van der Waals surface area contributed by atoms with Gasteiger partial charge in [-0.3, -0.25) is 10.1 Å². The predicted octanol–water partition coefficient (Wildman–Crippen LogP) is 2.34. The van der Waals surface area contributed by atoms with E-state index < -0.39 is 47.1 Å². The number of para-hydroxylation sites is 1. The topological polar surface area (TPSA) is 179 Å². The lowest BCUT2D eigenvalue weighted by molar-refractivity contribution is -0.386. The number of hydrogen-bond acceptors (Lipinski definition) is 10. The molecule has 0 fully saturated rings. The molecule has 0 aliphatic heterocycles. The van der Waals surface area contributed by atoms with Crippen LogP contribution in [0, 0.1) is 10.1 Å². The van der Waals surface area contributed by atoms with Crippen molar-refractivity contribution in [3.8, 4) is 11.5 Å². The van der Waals surface area contributed by atoms with Gasteiger partial charge in [0.1, 0.15) is 9.79 Å². The molecule has 0 aromatic heterocycles. The van der Waals surface area contributed by atoms with Crippen molar-refractivity contribution in [3.05, 3.63) is 45.5 Å². The van der Waals surface area contributed by atoms with Crippen LogP contribution in [-0.2, 0) is 23.9 Å². The first kappa shape index (κ1) is 26.7. The van der Waals surface area contributed by atoms with Crippen molar-refractivity contribution in [2.24, 2.45) is 0 Å². The number of halogens is 2. The Morgan fingerprint density at radius 1 is 1.16 bits per heavy atom. The normalized spacial score (nSPS) is 11.5. The Bertz CT molecular complexity index is 1190. The molecule has 2 aromatic carbocycles. The molecule has 2 aromatic rings. The molecule has 0 aliphatic carbocycles. The monoisotopic (exact) mass is 517 g/mol. The van der Waals surface area contributed by atoms with Crippen molar-refractivity contribution in [2.45, 2.75) is 9.79 Å². The van der Waals surface area contributed by atoms with Crippen molar-refractivity contribution in [3.63, 3.8) is 0 Å². The van der Waals surface area contributed by atoms with Crippen LogP contribution in [0.2, 0.25) is 5.02 Å². The summed E-state index contributed by atoms with van der Waals surface area (Å²) in [7, 11) is -4.15. The zero-order valence-electron chi connectivity index (χ0n) is 16.1. The first-order chi connectivity index (χ1) is 14.2. The number of phenols is 1. The zero-order valence-corrected chi connectivity index (χ0v) is 19.3. The van der Waals surface area contributed by atoms with E-state index in [1.54, 1.807) is 0 Å². The van der Waals surface area contributed by atoms with E-state index in [-0.39, 0.29) is 15.6 Å². The molecule has 0 bridgehead atoms. The number of nitrogens with two attached hydrogens (primary N) is 1. The Labute approximate surface area is 188 Å². The number of phenolic OH excluding ortho intramolecular Hbond substituents is 1. The van der Waals surface area contributed by atoms with Gasteiger partial charge in [0.25, 0.3) is 0 Å². The van der Waals surface area contributed by atoms with Gasteiger partial charge in [0.15, 0.2) is 5.75 Å². The van der Waals surface area contributed by atoms with E-state index in [1.807, 2.05) is 0 Å². The number of nitrogens with zero attached hydrogens (tertiary/aromatic N) is 2. The Kier molecular flexibility index (Phi) is 8.86. The van der Waals surface area contributed by atoms with E-state index in [4.69, 9.17) is 29.2 Å². The number of benzene rings is 2. The van der Waals surface area contributed by atoms with E-state index in [0.29, 0.717) is 0 Å². The molecular formula is C15H17Cl2N3O9S2. The molecule has 0 unspecified atom stereocenters. The van der Waals surface area contributed by atoms with Crippen LogP contribution in [0.1, 0.15) is 0 Å². The van der Waals surface area contributed by atoms with E-state index in [1.165, 1.54) is 32.3 Å². The standard InChI is InChI=1S/C8H12N2O3S.C7H5Cl2NO6S/c1-10(2)14(12,13)7-5-3-4-6(9)8(7)11;1-15-7-5(10(11)12)2-4(8)3-6(7)17(13,14)16-9/h3-5,11H,9H2,1-2H3;2-3H,1H3. The highest BCUT2D eigenvalue weighted by Crippen LogP contribution is 2.38. The predicted molar refractivity (Wildman–Crippen MR) is 112 cm³/mol. The summed E-state index contributed by atoms with van der Waals surface area (Å²) in [6.07, 6.45) is 0. The highest BCUT2D eigenvalue weighted by Gasteiger charge is 2.29. The van der Waals surface area contributed by atoms with Gasteiger partial charge in [-0.1, -0.05) is 17.7 Å². The van der Waals surface area contributed by atoms with Crippen LogP contribution in [0.5, 0.6) is 11.5 Å². The molecule has 12 nitrogen and oxygen atoms in total. The average Bonchev–Trinajstić information content (AvgIpc) is 2.69. The van der Waals surface area contributed by atoms with Gasteiger partial charge in [-0.2, -0.15) is 12.2 Å². The zero-order chi connectivity index (χ0) is 24.1. The van der Waals surface area contributed by atoms with Crippen LogP contribution in [0.4, 0.5) is 11.4 Å². The van der Waals surface area contributed by atoms with Crippen molar-refractivity contribution in [2.75, 3.05) is 26.9 Å². The number of sulfonamides is 1. The molecule has 3 N–H and O–H groups in total. The van der Waals surface area contributed by atoms with Crippen molar-refractivity contribution in [1.29, 1.82) is 0 Å².